The maximum atomic E-state index is 13.7. The molecule has 1 unspecified atom stereocenters. The molecule has 3 aliphatic heterocycles. The summed E-state index contributed by atoms with van der Waals surface area (Å²) in [4.78, 5) is 43.3. The third-order valence-corrected chi connectivity index (χ3v) is 11.7. The van der Waals surface area contributed by atoms with Crippen LogP contribution in [0.5, 0.6) is 28.7 Å². The molecular formula is C36H43Cl3N4O10S. The first kappa shape index (κ1) is 41.6. The molecule has 2 saturated heterocycles. The zero-order valence-corrected chi connectivity index (χ0v) is 34.1. The van der Waals surface area contributed by atoms with E-state index in [9.17, 15) is 24.8 Å². The molecule has 18 heteroatoms. The Morgan fingerprint density at radius 2 is 1.83 bits per heavy atom. The van der Waals surface area contributed by atoms with Gasteiger partial charge in [-0.25, -0.2) is 9.59 Å². The third-order valence-electron chi connectivity index (χ3n) is 9.94. The van der Waals surface area contributed by atoms with Crippen LogP contribution in [-0.2, 0) is 19.1 Å². The molecule has 0 radical (unpaired) electrons. The number of fused-ring (bicyclic) bond motifs is 2. The first-order chi connectivity index (χ1) is 25.4. The van der Waals surface area contributed by atoms with E-state index in [0.29, 0.717) is 33.9 Å². The van der Waals surface area contributed by atoms with E-state index >= 15 is 0 Å². The Balaban J connectivity index is 1.79. The summed E-state index contributed by atoms with van der Waals surface area (Å²) in [6, 6.07) is 1.78. The summed E-state index contributed by atoms with van der Waals surface area (Å²) in [7, 11) is 3.37. The fourth-order valence-electron chi connectivity index (χ4n) is 7.52. The summed E-state index contributed by atoms with van der Waals surface area (Å²) < 4.78 is 32.2. The van der Waals surface area contributed by atoms with Crippen molar-refractivity contribution >= 4 is 64.6 Å². The van der Waals surface area contributed by atoms with Crippen molar-refractivity contribution in [3.8, 4) is 34.8 Å². The Hall–Kier alpha value is -3.52. The van der Waals surface area contributed by atoms with Crippen molar-refractivity contribution in [3.63, 3.8) is 0 Å². The number of esters is 2. The number of cyclic esters (lactones) is 1. The molecule has 14 nitrogen and oxygen atoms in total. The number of benzene rings is 2. The van der Waals surface area contributed by atoms with Gasteiger partial charge in [-0.3, -0.25) is 14.6 Å². The molecule has 294 valence electrons. The van der Waals surface area contributed by atoms with Crippen LogP contribution in [0.2, 0.25) is 0 Å². The molecule has 0 bridgehead atoms. The Morgan fingerprint density at radius 1 is 1.13 bits per heavy atom. The number of alkyl halides is 3. The van der Waals surface area contributed by atoms with Crippen LogP contribution < -0.4 is 24.3 Å². The zero-order chi connectivity index (χ0) is 39.8. The number of phenols is 1. The SMILES string of the molecule is COc1c(C)cc(C)c([C@@H]2C3[C@H](c4cc5c(c(C)c4OC(C)=O)OCO5)SC[C@H](NC(=O)OCC(Cl)(Cl)Cl)C(=O)OC[C@@H](C)N3[C@@H](C#N)[C@H](C)N2C)c1O. The minimum absolute atomic E-state index is 0.0622. The lowest BCUT2D eigenvalue weighted by Gasteiger charge is -2.56. The maximum absolute atomic E-state index is 13.7. The van der Waals surface area contributed by atoms with E-state index in [-0.39, 0.29) is 30.7 Å². The summed E-state index contributed by atoms with van der Waals surface area (Å²) in [5.74, 6) is -0.192. The molecular weight excluding hydrogens is 787 g/mol. The van der Waals surface area contributed by atoms with Gasteiger partial charge in [-0.1, -0.05) is 40.9 Å². The van der Waals surface area contributed by atoms with Crippen molar-refractivity contribution in [2.45, 2.75) is 86.8 Å². The fourth-order valence-corrected chi connectivity index (χ4v) is 9.14. The van der Waals surface area contributed by atoms with Crippen LogP contribution in [0.15, 0.2) is 12.1 Å². The Bertz CT molecular complexity index is 1840. The van der Waals surface area contributed by atoms with Crippen molar-refractivity contribution in [2.24, 2.45) is 0 Å². The molecule has 54 heavy (non-hydrogen) atoms. The molecule has 7 atom stereocenters. The normalized spacial score (nSPS) is 26.2. The number of methoxy groups -OCH3 is 1. The van der Waals surface area contributed by atoms with Crippen LogP contribution >= 0.6 is 46.6 Å². The number of carbonyl (C=O) groups is 3. The second-order valence-electron chi connectivity index (χ2n) is 13.5. The van der Waals surface area contributed by atoms with Crippen LogP contribution in [0.3, 0.4) is 0 Å². The zero-order valence-electron chi connectivity index (χ0n) is 31.0. The van der Waals surface area contributed by atoms with E-state index in [1.807, 2.05) is 50.6 Å². The lowest BCUT2D eigenvalue weighted by atomic mass is 9.81. The van der Waals surface area contributed by atoms with Gasteiger partial charge in [-0.2, -0.15) is 5.26 Å². The molecule has 0 saturated carbocycles. The number of amides is 1. The van der Waals surface area contributed by atoms with E-state index in [2.05, 4.69) is 11.4 Å². The van der Waals surface area contributed by atoms with Gasteiger partial charge in [0.25, 0.3) is 0 Å². The van der Waals surface area contributed by atoms with Crippen molar-refractivity contribution in [1.82, 2.24) is 15.1 Å². The second kappa shape index (κ2) is 16.7. The highest BCUT2D eigenvalue weighted by Crippen LogP contribution is 2.55. The van der Waals surface area contributed by atoms with Crippen molar-refractivity contribution < 1.29 is 47.9 Å². The van der Waals surface area contributed by atoms with E-state index in [1.165, 1.54) is 25.8 Å². The first-order valence-corrected chi connectivity index (χ1v) is 19.2. The van der Waals surface area contributed by atoms with Crippen molar-refractivity contribution in [3.05, 3.63) is 39.9 Å². The van der Waals surface area contributed by atoms with E-state index in [4.69, 9.17) is 63.2 Å². The number of aromatic hydroxyl groups is 1. The molecule has 2 N–H and O–H groups in total. The number of halogens is 3. The van der Waals surface area contributed by atoms with Crippen LogP contribution in [0.1, 0.15) is 59.9 Å². The number of ether oxygens (including phenoxy) is 6. The molecule has 3 heterocycles. The van der Waals surface area contributed by atoms with Crippen LogP contribution in [0, 0.1) is 32.1 Å². The lowest BCUT2D eigenvalue weighted by molar-refractivity contribution is -0.149. The maximum Gasteiger partial charge on any atom is 0.408 e. The molecule has 2 aromatic rings. The lowest BCUT2D eigenvalue weighted by Crippen LogP contribution is -2.67. The average Bonchev–Trinajstić information content (AvgIpc) is 3.57. The summed E-state index contributed by atoms with van der Waals surface area (Å²) in [5, 5.41) is 24.6. The number of phenolic OH excluding ortho intramolecular Hbond substituents is 1. The smallest absolute Gasteiger partial charge is 0.408 e. The fraction of sp³-hybridized carbons (Fsp3) is 0.556. The van der Waals surface area contributed by atoms with Gasteiger partial charge in [0.2, 0.25) is 10.6 Å². The predicted molar refractivity (Wildman–Crippen MR) is 202 cm³/mol. The summed E-state index contributed by atoms with van der Waals surface area (Å²) in [6.45, 7) is 9.70. The number of piperazine rings is 1. The van der Waals surface area contributed by atoms with Gasteiger partial charge >= 0.3 is 18.0 Å². The molecule has 0 spiro atoms. The van der Waals surface area contributed by atoms with Gasteiger partial charge in [0.1, 0.15) is 31.0 Å². The summed E-state index contributed by atoms with van der Waals surface area (Å²) in [6.07, 6.45) is -1.02. The quantitative estimate of drug-likeness (QED) is 0.204. The predicted octanol–water partition coefficient (Wildman–Crippen LogP) is 5.80. The van der Waals surface area contributed by atoms with Crippen LogP contribution in [-0.4, -0.2) is 107 Å². The number of hydrogen-bond donors (Lipinski definition) is 2. The molecule has 3 aliphatic rings. The van der Waals surface area contributed by atoms with Gasteiger partial charge in [0, 0.05) is 47.5 Å². The average molecular weight is 830 g/mol. The van der Waals surface area contributed by atoms with E-state index < -0.39 is 69.9 Å². The number of nitrogens with zero attached hydrogens (tertiary/aromatic N) is 3. The van der Waals surface area contributed by atoms with E-state index in [1.54, 1.807) is 13.0 Å². The van der Waals surface area contributed by atoms with Gasteiger partial charge in [0.05, 0.1) is 24.5 Å². The molecule has 0 aliphatic carbocycles. The minimum atomic E-state index is -1.89. The van der Waals surface area contributed by atoms with Crippen molar-refractivity contribution in [1.29, 1.82) is 5.26 Å². The highest BCUT2D eigenvalue weighted by Gasteiger charge is 2.53. The minimum Gasteiger partial charge on any atom is -0.504 e. The van der Waals surface area contributed by atoms with Crippen LogP contribution in [0.4, 0.5) is 4.79 Å². The molecule has 1 amide bonds. The monoisotopic (exact) mass is 828 g/mol. The third kappa shape index (κ3) is 8.34. The Morgan fingerprint density at radius 3 is 2.46 bits per heavy atom. The summed E-state index contributed by atoms with van der Waals surface area (Å²) >= 11 is 18.6. The molecule has 0 aromatic heterocycles. The number of carbonyl (C=O) groups excluding carboxylic acids is 3. The number of hydrogen-bond acceptors (Lipinski definition) is 14. The second-order valence-corrected chi connectivity index (χ2v) is 17.2. The first-order valence-electron chi connectivity index (χ1n) is 17.1. The van der Waals surface area contributed by atoms with Gasteiger partial charge < -0.3 is 38.8 Å². The Kier molecular flexibility index (Phi) is 12.9. The number of thioether (sulfide) groups is 1. The standard InChI is InChI=1S/C36H43Cl3N4O10S/c1-16-9-17(2)30(48-8)29(45)26(16)27-28-33(22-10-25-32(52-15-51-25)19(4)31(22)53-21(6)44)54-13-23(41-35(47)50-14-36(37,38)39)34(46)49-12-18(3)43(28)24(11-40)20(5)42(27)7/h9-10,18,20,23-24,27-28,33,45H,12-15H2,1-8H3,(H,41,47)/t18-,20+,23+,24+,27-,28?,33+/m1/s1. The van der Waals surface area contributed by atoms with Gasteiger partial charge in [0.15, 0.2) is 23.0 Å². The Labute approximate surface area is 333 Å². The van der Waals surface area contributed by atoms with Gasteiger partial charge in [-0.15, -0.1) is 11.8 Å². The topological polar surface area (TPSA) is 169 Å². The number of aryl methyl sites for hydroxylation is 2. The van der Waals surface area contributed by atoms with Crippen LogP contribution in [0.25, 0.3) is 0 Å². The number of nitrogens with one attached hydrogen (secondary N) is 1. The number of likely N-dealkylation sites (N-methyl/N-ethyl adjacent to an activating group) is 1. The number of alkyl carbamates (subject to hydrolysis) is 1. The van der Waals surface area contributed by atoms with Gasteiger partial charge in [-0.05, 0) is 58.9 Å². The summed E-state index contributed by atoms with van der Waals surface area (Å²) in [5.41, 5.74) is 3.04. The van der Waals surface area contributed by atoms with Crippen molar-refractivity contribution in [2.75, 3.05) is 39.9 Å². The molecule has 2 fully saturated rings. The highest BCUT2D eigenvalue weighted by atomic mass is 35.6. The largest absolute Gasteiger partial charge is 0.504 e. The molecule has 5 rings (SSSR count). The number of rotatable bonds is 6. The highest BCUT2D eigenvalue weighted by molar-refractivity contribution is 7.99. The molecule has 2 aromatic carbocycles. The number of nitriles is 1. The van der Waals surface area contributed by atoms with E-state index in [0.717, 1.165) is 11.1 Å².